The molecule has 0 saturated heterocycles. The molecule has 3 aliphatic carbocycles. The Hall–Kier alpha value is -4.69. The molecule has 2 heteroatoms. The summed E-state index contributed by atoms with van der Waals surface area (Å²) in [6.45, 7) is 18.2. The van der Waals surface area contributed by atoms with Crippen LogP contribution in [0.15, 0.2) is 122 Å². The van der Waals surface area contributed by atoms with Crippen molar-refractivity contribution in [1.82, 2.24) is 5.32 Å². The monoisotopic (exact) mass is 549 g/mol. The molecule has 2 aromatic rings. The summed E-state index contributed by atoms with van der Waals surface area (Å²) in [6.07, 6.45) is 30.2. The van der Waals surface area contributed by atoms with Gasteiger partial charge in [0.15, 0.2) is 5.78 Å². The second-order valence-electron chi connectivity index (χ2n) is 11.5. The third-order valence-corrected chi connectivity index (χ3v) is 8.46. The summed E-state index contributed by atoms with van der Waals surface area (Å²) >= 11 is 0. The first-order valence-electron chi connectivity index (χ1n) is 14.6. The lowest BCUT2D eigenvalue weighted by Crippen LogP contribution is -2.26. The molecule has 0 bridgehead atoms. The molecule has 0 aromatic heterocycles. The molecule has 1 unspecified atom stereocenters. The normalized spacial score (nSPS) is 22.2. The number of hydrogen-bond donors (Lipinski definition) is 1. The minimum atomic E-state index is -0.262. The fourth-order valence-electron chi connectivity index (χ4n) is 6.29. The van der Waals surface area contributed by atoms with Crippen LogP contribution in [0.25, 0.3) is 24.3 Å². The van der Waals surface area contributed by atoms with Crippen LogP contribution in [0.1, 0.15) is 70.1 Å². The van der Waals surface area contributed by atoms with Crippen molar-refractivity contribution in [2.45, 2.75) is 39.0 Å². The van der Waals surface area contributed by atoms with Gasteiger partial charge in [-0.05, 0) is 82.0 Å². The first kappa shape index (κ1) is 28.8. The van der Waals surface area contributed by atoms with Crippen LogP contribution in [0, 0.1) is 5.92 Å². The number of rotatable bonds is 7. The highest BCUT2D eigenvalue weighted by atomic mass is 16.1. The summed E-state index contributed by atoms with van der Waals surface area (Å²) < 4.78 is 0. The number of carbonyl (C=O) groups is 1. The average Bonchev–Trinajstić information content (AvgIpc) is 3.27. The number of benzene rings is 2. The van der Waals surface area contributed by atoms with Crippen molar-refractivity contribution in [2.75, 3.05) is 0 Å². The highest BCUT2D eigenvalue weighted by molar-refractivity contribution is 6.13. The fraction of sp³-hybridized carbons (Fsp3) is 0.175. The van der Waals surface area contributed by atoms with E-state index in [9.17, 15) is 4.79 Å². The van der Waals surface area contributed by atoms with Crippen LogP contribution in [0.4, 0.5) is 0 Å². The van der Waals surface area contributed by atoms with E-state index in [1.807, 2.05) is 37.3 Å². The molecule has 0 fully saturated rings. The molecule has 2 aromatic carbocycles. The van der Waals surface area contributed by atoms with Crippen molar-refractivity contribution in [3.05, 3.63) is 166 Å². The minimum Gasteiger partial charge on any atom is -0.361 e. The van der Waals surface area contributed by atoms with Crippen LogP contribution >= 0.6 is 0 Å². The van der Waals surface area contributed by atoms with Gasteiger partial charge in [-0.2, -0.15) is 0 Å². The Morgan fingerprint density at radius 3 is 2.57 bits per heavy atom. The van der Waals surface area contributed by atoms with E-state index in [1.165, 1.54) is 27.8 Å². The summed E-state index contributed by atoms with van der Waals surface area (Å²) in [4.78, 5) is 13.4. The maximum absolute atomic E-state index is 13.4. The van der Waals surface area contributed by atoms with Gasteiger partial charge < -0.3 is 5.32 Å². The van der Waals surface area contributed by atoms with Gasteiger partial charge in [-0.3, -0.25) is 4.79 Å². The third kappa shape index (κ3) is 5.45. The van der Waals surface area contributed by atoms with Crippen molar-refractivity contribution in [3.8, 4) is 0 Å². The van der Waals surface area contributed by atoms with Crippen LogP contribution in [-0.2, 0) is 18.3 Å². The second kappa shape index (κ2) is 12.0. The van der Waals surface area contributed by atoms with Crippen LogP contribution < -0.4 is 5.32 Å². The van der Waals surface area contributed by atoms with Crippen LogP contribution in [0.2, 0.25) is 0 Å². The van der Waals surface area contributed by atoms with Gasteiger partial charge in [0.25, 0.3) is 0 Å². The highest BCUT2D eigenvalue weighted by Gasteiger charge is 2.32. The number of carbonyl (C=O) groups excluding carboxylic acids is 1. The smallest absolute Gasteiger partial charge is 0.189 e. The van der Waals surface area contributed by atoms with Crippen molar-refractivity contribution >= 4 is 30.1 Å². The zero-order valence-corrected chi connectivity index (χ0v) is 24.9. The van der Waals surface area contributed by atoms with Crippen molar-refractivity contribution in [3.63, 3.8) is 0 Å². The Kier molecular flexibility index (Phi) is 8.27. The Labute approximate surface area is 251 Å². The number of nitrogens with one attached hydrogen (secondary N) is 1. The molecule has 0 heterocycles. The standard InChI is InChI=1S/C40H39NO/c1-7-13-30-25-37-32(23-28(30)9-3)24-33(39(37)42)22-27-17-20-36-31(21-27)19-18-29-15-11-12-16-34(40(5,6)38(29)36)26-41-35(10-4)14-8-2/h7-20,22-23,25-27,41H,2-4,21,24H2,1,5-6H3/b13-7-,15-11-,16-12-,33-22?,34-26-,35-14+. The van der Waals surface area contributed by atoms with Gasteiger partial charge >= 0.3 is 0 Å². The lowest BCUT2D eigenvalue weighted by molar-refractivity contribution is 0.103. The minimum absolute atomic E-state index is 0.147. The third-order valence-electron chi connectivity index (χ3n) is 8.46. The lowest BCUT2D eigenvalue weighted by atomic mass is 9.70. The zero-order chi connectivity index (χ0) is 29.9. The Morgan fingerprint density at radius 2 is 1.83 bits per heavy atom. The van der Waals surface area contributed by atoms with Gasteiger partial charge in [0.2, 0.25) is 0 Å². The maximum Gasteiger partial charge on any atom is 0.189 e. The molecule has 3 aliphatic rings. The van der Waals surface area contributed by atoms with Gasteiger partial charge in [-0.15, -0.1) is 0 Å². The Balaban J connectivity index is 1.47. The quantitative estimate of drug-likeness (QED) is 0.275. The van der Waals surface area contributed by atoms with Gasteiger partial charge in [-0.25, -0.2) is 0 Å². The topological polar surface area (TPSA) is 29.1 Å². The summed E-state index contributed by atoms with van der Waals surface area (Å²) in [7, 11) is 0. The molecule has 0 radical (unpaired) electrons. The van der Waals surface area contributed by atoms with Crippen molar-refractivity contribution in [2.24, 2.45) is 5.92 Å². The number of hydrogen-bond acceptors (Lipinski definition) is 2. The van der Waals surface area contributed by atoms with Gasteiger partial charge in [0, 0.05) is 34.9 Å². The molecule has 0 saturated carbocycles. The Bertz CT molecular complexity index is 1690. The van der Waals surface area contributed by atoms with E-state index >= 15 is 0 Å². The predicted octanol–water partition coefficient (Wildman–Crippen LogP) is 9.50. The van der Waals surface area contributed by atoms with E-state index in [1.54, 1.807) is 12.2 Å². The highest BCUT2D eigenvalue weighted by Crippen LogP contribution is 2.42. The maximum atomic E-state index is 13.4. The van der Waals surface area contributed by atoms with Gasteiger partial charge in [0.05, 0.1) is 0 Å². The van der Waals surface area contributed by atoms with E-state index in [-0.39, 0.29) is 17.1 Å². The zero-order valence-electron chi connectivity index (χ0n) is 24.9. The molecular formula is C40H39NO. The first-order chi connectivity index (χ1) is 20.3. The van der Waals surface area contributed by atoms with E-state index in [2.05, 4.69) is 106 Å². The average molecular weight is 550 g/mol. The molecule has 42 heavy (non-hydrogen) atoms. The molecule has 0 spiro atoms. The molecule has 1 atom stereocenters. The van der Waals surface area contributed by atoms with Crippen molar-refractivity contribution in [1.29, 1.82) is 0 Å². The molecule has 0 aliphatic heterocycles. The van der Waals surface area contributed by atoms with Crippen LogP contribution in [0.3, 0.4) is 0 Å². The second-order valence-corrected chi connectivity index (χ2v) is 11.5. The predicted molar refractivity (Wildman–Crippen MR) is 181 cm³/mol. The van der Waals surface area contributed by atoms with Crippen LogP contribution in [0.5, 0.6) is 0 Å². The molecule has 210 valence electrons. The molecule has 2 nitrogen and oxygen atoms in total. The van der Waals surface area contributed by atoms with E-state index < -0.39 is 0 Å². The van der Waals surface area contributed by atoms with Gasteiger partial charge in [-0.1, -0.05) is 119 Å². The van der Waals surface area contributed by atoms with E-state index in [0.29, 0.717) is 6.42 Å². The van der Waals surface area contributed by atoms with E-state index in [4.69, 9.17) is 0 Å². The lowest BCUT2D eigenvalue weighted by Gasteiger charge is -2.34. The largest absolute Gasteiger partial charge is 0.361 e. The van der Waals surface area contributed by atoms with Gasteiger partial charge in [0.1, 0.15) is 0 Å². The molecule has 0 amide bonds. The number of fused-ring (bicyclic) bond motifs is 4. The van der Waals surface area contributed by atoms with E-state index in [0.717, 1.165) is 39.9 Å². The number of allylic oxidation sites excluding steroid dienone is 11. The SMILES string of the molecule is C=C/C=C(\C=C)N/C=C1/C=C\C=C/c2ccc3c(c2C1(C)C)C=CC(C=C1Cc2cc(C=C)c(/C=C\C)cc2C1=O)C3. The van der Waals surface area contributed by atoms with Crippen molar-refractivity contribution < 1.29 is 4.79 Å². The summed E-state index contributed by atoms with van der Waals surface area (Å²) in [5.74, 6) is 0.314. The summed E-state index contributed by atoms with van der Waals surface area (Å²) in [5.41, 5.74) is 11.8. The molecule has 5 rings (SSSR count). The number of ketones is 1. The molecule has 1 N–H and O–H groups in total. The molecular weight excluding hydrogens is 510 g/mol. The first-order valence-corrected chi connectivity index (χ1v) is 14.6. The number of Topliss-reactive ketones (excluding diaryl/α,β-unsaturated/α-hetero) is 1. The Morgan fingerprint density at radius 1 is 1.02 bits per heavy atom. The summed E-state index contributed by atoms with van der Waals surface area (Å²) in [6, 6.07) is 8.64. The fourth-order valence-corrected chi connectivity index (χ4v) is 6.29. The summed E-state index contributed by atoms with van der Waals surface area (Å²) in [5, 5.41) is 3.40. The van der Waals surface area contributed by atoms with Crippen LogP contribution in [-0.4, -0.2) is 5.78 Å².